The third kappa shape index (κ3) is 3.85. The molecule has 0 saturated carbocycles. The monoisotopic (exact) mass is 295 g/mol. The summed E-state index contributed by atoms with van der Waals surface area (Å²) in [5.74, 6) is -0.0926. The van der Waals surface area contributed by atoms with Crippen LogP contribution in [0.25, 0.3) is 0 Å². The lowest BCUT2D eigenvalue weighted by Gasteiger charge is -2.18. The second kappa shape index (κ2) is 6.05. The van der Waals surface area contributed by atoms with Crippen LogP contribution in [-0.2, 0) is 15.8 Å². The Hall–Kier alpha value is -0.290. The van der Waals surface area contributed by atoms with Crippen LogP contribution in [0.2, 0.25) is 10.0 Å². The molecule has 0 aromatic heterocycles. The van der Waals surface area contributed by atoms with E-state index in [0.717, 1.165) is 0 Å². The van der Waals surface area contributed by atoms with Crippen molar-refractivity contribution in [2.75, 3.05) is 13.1 Å². The average Bonchev–Trinajstić information content (AvgIpc) is 2.23. The van der Waals surface area contributed by atoms with Crippen molar-refractivity contribution in [1.29, 1.82) is 0 Å². The highest BCUT2D eigenvalue weighted by Crippen LogP contribution is 2.23. The molecule has 0 aliphatic heterocycles. The second-order valence-electron chi connectivity index (χ2n) is 3.58. The summed E-state index contributed by atoms with van der Waals surface area (Å²) in [5.41, 5.74) is 0.572. The maximum Gasteiger partial charge on any atom is 0.218 e. The number of rotatable bonds is 5. The fourth-order valence-electron chi connectivity index (χ4n) is 1.54. The van der Waals surface area contributed by atoms with Crippen LogP contribution in [-0.4, -0.2) is 25.8 Å². The van der Waals surface area contributed by atoms with Gasteiger partial charge in [-0.05, 0) is 17.7 Å². The number of sulfonamides is 1. The van der Waals surface area contributed by atoms with E-state index < -0.39 is 10.0 Å². The minimum atomic E-state index is -3.31. The van der Waals surface area contributed by atoms with Crippen LogP contribution >= 0.6 is 23.2 Å². The molecule has 0 spiro atoms. The Labute approximate surface area is 112 Å². The van der Waals surface area contributed by atoms with E-state index in [9.17, 15) is 8.42 Å². The van der Waals surface area contributed by atoms with Crippen LogP contribution in [0.3, 0.4) is 0 Å². The van der Waals surface area contributed by atoms with E-state index in [1.807, 2.05) is 13.8 Å². The Kier molecular flexibility index (Phi) is 5.25. The van der Waals surface area contributed by atoms with Crippen molar-refractivity contribution in [3.8, 4) is 0 Å². The summed E-state index contributed by atoms with van der Waals surface area (Å²) < 4.78 is 25.5. The molecule has 6 heteroatoms. The van der Waals surface area contributed by atoms with E-state index in [1.165, 1.54) is 4.31 Å². The molecular weight excluding hydrogens is 281 g/mol. The van der Waals surface area contributed by atoms with Crippen molar-refractivity contribution >= 4 is 33.2 Å². The van der Waals surface area contributed by atoms with Crippen molar-refractivity contribution in [2.45, 2.75) is 19.6 Å². The SMILES string of the molecule is CCN(CC)S(=O)(=O)Cc1ccc(Cl)cc1Cl. The van der Waals surface area contributed by atoms with E-state index in [-0.39, 0.29) is 5.75 Å². The number of halogens is 2. The topological polar surface area (TPSA) is 37.4 Å². The molecule has 3 nitrogen and oxygen atoms in total. The van der Waals surface area contributed by atoms with Gasteiger partial charge in [-0.3, -0.25) is 0 Å². The first-order valence-electron chi connectivity index (χ1n) is 5.32. The van der Waals surface area contributed by atoms with Gasteiger partial charge < -0.3 is 0 Å². The molecule has 96 valence electrons. The molecule has 0 atom stereocenters. The summed E-state index contributed by atoms with van der Waals surface area (Å²) in [6, 6.07) is 4.84. The van der Waals surface area contributed by atoms with Crippen molar-refractivity contribution in [1.82, 2.24) is 4.31 Å². The van der Waals surface area contributed by atoms with Gasteiger partial charge in [-0.25, -0.2) is 12.7 Å². The second-order valence-corrected chi connectivity index (χ2v) is 6.39. The van der Waals surface area contributed by atoms with Gasteiger partial charge in [0.05, 0.1) is 5.75 Å². The van der Waals surface area contributed by atoms with E-state index in [4.69, 9.17) is 23.2 Å². The van der Waals surface area contributed by atoms with Gasteiger partial charge in [0.2, 0.25) is 10.0 Å². The Bertz CT molecular complexity index is 484. The Morgan fingerprint density at radius 2 is 1.76 bits per heavy atom. The molecule has 0 radical (unpaired) electrons. The first-order valence-corrected chi connectivity index (χ1v) is 7.69. The van der Waals surface area contributed by atoms with Crippen LogP contribution in [0.15, 0.2) is 18.2 Å². The standard InChI is InChI=1S/C11H15Cl2NO2S/c1-3-14(4-2)17(15,16)8-9-5-6-10(12)7-11(9)13/h5-7H,3-4,8H2,1-2H3. The summed E-state index contributed by atoms with van der Waals surface area (Å²) >= 11 is 11.7. The van der Waals surface area contributed by atoms with Gasteiger partial charge in [0, 0.05) is 23.1 Å². The molecule has 0 N–H and O–H groups in total. The molecule has 0 aliphatic carbocycles. The zero-order chi connectivity index (χ0) is 13.1. The largest absolute Gasteiger partial charge is 0.218 e. The molecule has 0 amide bonds. The number of hydrogen-bond acceptors (Lipinski definition) is 2. The van der Waals surface area contributed by atoms with E-state index in [1.54, 1.807) is 18.2 Å². The van der Waals surface area contributed by atoms with Crippen molar-refractivity contribution in [3.05, 3.63) is 33.8 Å². The quantitative estimate of drug-likeness (QED) is 0.837. The summed E-state index contributed by atoms with van der Waals surface area (Å²) in [4.78, 5) is 0. The van der Waals surface area contributed by atoms with Crippen molar-refractivity contribution < 1.29 is 8.42 Å². The van der Waals surface area contributed by atoms with Crippen LogP contribution in [0, 0.1) is 0 Å². The van der Waals surface area contributed by atoms with Gasteiger partial charge in [0.1, 0.15) is 0 Å². The third-order valence-electron chi connectivity index (χ3n) is 2.45. The Balaban J connectivity index is 2.98. The molecule has 0 heterocycles. The van der Waals surface area contributed by atoms with Crippen molar-refractivity contribution in [3.63, 3.8) is 0 Å². The zero-order valence-corrected chi connectivity index (χ0v) is 12.1. The van der Waals surface area contributed by atoms with E-state index >= 15 is 0 Å². The van der Waals surface area contributed by atoms with E-state index in [0.29, 0.717) is 28.7 Å². The number of hydrogen-bond donors (Lipinski definition) is 0. The first kappa shape index (κ1) is 14.8. The van der Waals surface area contributed by atoms with Crippen LogP contribution < -0.4 is 0 Å². The molecule has 17 heavy (non-hydrogen) atoms. The van der Waals surface area contributed by atoms with Crippen LogP contribution in [0.5, 0.6) is 0 Å². The normalized spacial score (nSPS) is 12.1. The van der Waals surface area contributed by atoms with E-state index in [2.05, 4.69) is 0 Å². The van der Waals surface area contributed by atoms with Gasteiger partial charge in [-0.1, -0.05) is 43.1 Å². The van der Waals surface area contributed by atoms with Crippen molar-refractivity contribution in [2.24, 2.45) is 0 Å². The van der Waals surface area contributed by atoms with Gasteiger partial charge in [-0.15, -0.1) is 0 Å². The van der Waals surface area contributed by atoms with Gasteiger partial charge >= 0.3 is 0 Å². The number of benzene rings is 1. The van der Waals surface area contributed by atoms with Gasteiger partial charge in [0.15, 0.2) is 0 Å². The molecule has 0 bridgehead atoms. The predicted octanol–water partition coefficient (Wildman–Crippen LogP) is 3.17. The highest BCUT2D eigenvalue weighted by molar-refractivity contribution is 7.88. The Morgan fingerprint density at radius 3 is 2.24 bits per heavy atom. The van der Waals surface area contributed by atoms with Gasteiger partial charge in [-0.2, -0.15) is 0 Å². The number of nitrogens with zero attached hydrogens (tertiary/aromatic N) is 1. The lowest BCUT2D eigenvalue weighted by molar-refractivity contribution is 0.444. The average molecular weight is 296 g/mol. The zero-order valence-electron chi connectivity index (χ0n) is 9.78. The molecule has 0 fully saturated rings. The smallest absolute Gasteiger partial charge is 0.212 e. The highest BCUT2D eigenvalue weighted by Gasteiger charge is 2.20. The fraction of sp³-hybridized carbons (Fsp3) is 0.455. The van der Waals surface area contributed by atoms with Gasteiger partial charge in [0.25, 0.3) is 0 Å². The minimum absolute atomic E-state index is 0.0926. The first-order chi connectivity index (χ1) is 7.90. The molecule has 1 aromatic carbocycles. The lowest BCUT2D eigenvalue weighted by atomic mass is 10.2. The summed E-state index contributed by atoms with van der Waals surface area (Å²) in [6.45, 7) is 4.54. The molecule has 0 aliphatic rings. The molecular formula is C11H15Cl2NO2S. The fourth-order valence-corrected chi connectivity index (χ4v) is 3.71. The highest BCUT2D eigenvalue weighted by atomic mass is 35.5. The molecule has 1 aromatic rings. The lowest BCUT2D eigenvalue weighted by Crippen LogP contribution is -2.31. The minimum Gasteiger partial charge on any atom is -0.212 e. The maximum atomic E-state index is 12.0. The third-order valence-corrected chi connectivity index (χ3v) is 5.02. The Morgan fingerprint density at radius 1 is 1.18 bits per heavy atom. The molecule has 1 rings (SSSR count). The molecule has 0 unspecified atom stereocenters. The summed E-state index contributed by atoms with van der Waals surface area (Å²) in [6.07, 6.45) is 0. The summed E-state index contributed by atoms with van der Waals surface area (Å²) in [7, 11) is -3.31. The summed E-state index contributed by atoms with van der Waals surface area (Å²) in [5, 5.41) is 0.882. The van der Waals surface area contributed by atoms with Crippen LogP contribution in [0.1, 0.15) is 19.4 Å². The van der Waals surface area contributed by atoms with Crippen LogP contribution in [0.4, 0.5) is 0 Å². The molecule has 0 saturated heterocycles. The maximum absolute atomic E-state index is 12.0. The predicted molar refractivity (Wildman–Crippen MR) is 72.0 cm³/mol.